The van der Waals surface area contributed by atoms with Gasteiger partial charge in [-0.1, -0.05) is 12.2 Å². The van der Waals surface area contributed by atoms with Crippen molar-refractivity contribution in [2.24, 2.45) is 23.7 Å². The number of aliphatic carboxylic acids is 1. The van der Waals surface area contributed by atoms with Crippen LogP contribution in [0.25, 0.3) is 0 Å². The summed E-state index contributed by atoms with van der Waals surface area (Å²) in [5.41, 5.74) is 0. The van der Waals surface area contributed by atoms with Crippen molar-refractivity contribution in [1.29, 1.82) is 0 Å². The van der Waals surface area contributed by atoms with Gasteiger partial charge in [-0.05, 0) is 18.3 Å². The number of nitrogens with zero attached hydrogens (tertiary/aromatic N) is 1. The van der Waals surface area contributed by atoms with Gasteiger partial charge < -0.3 is 14.7 Å². The standard InChI is InChI=1S/C13H17NO4/c15-12(14-3-5-18-6-4-14)10-8-1-2-9(7-8)11(10)13(16)17/h1-2,8-11H,3-7H2,(H,16,17)/t8-,9-,10+,11+/m1/s1. The van der Waals surface area contributed by atoms with Crippen molar-refractivity contribution < 1.29 is 19.4 Å². The van der Waals surface area contributed by atoms with Gasteiger partial charge in [0.1, 0.15) is 0 Å². The number of carboxylic acids is 1. The molecule has 3 aliphatic rings. The third-order valence-corrected chi connectivity index (χ3v) is 4.35. The van der Waals surface area contributed by atoms with Crippen molar-refractivity contribution in [3.8, 4) is 0 Å². The summed E-state index contributed by atoms with van der Waals surface area (Å²) >= 11 is 0. The number of carbonyl (C=O) groups is 2. The third-order valence-electron chi connectivity index (χ3n) is 4.35. The molecule has 1 amide bonds. The van der Waals surface area contributed by atoms with E-state index < -0.39 is 11.9 Å². The Morgan fingerprint density at radius 3 is 2.33 bits per heavy atom. The number of hydrogen-bond acceptors (Lipinski definition) is 3. The first-order valence-corrected chi connectivity index (χ1v) is 6.46. The van der Waals surface area contributed by atoms with E-state index in [-0.39, 0.29) is 23.7 Å². The predicted molar refractivity (Wildman–Crippen MR) is 62.8 cm³/mol. The first-order valence-electron chi connectivity index (χ1n) is 6.46. The highest BCUT2D eigenvalue weighted by Crippen LogP contribution is 2.48. The van der Waals surface area contributed by atoms with Crippen molar-refractivity contribution >= 4 is 11.9 Å². The van der Waals surface area contributed by atoms with Crippen LogP contribution in [0.1, 0.15) is 6.42 Å². The molecule has 0 unspecified atom stereocenters. The smallest absolute Gasteiger partial charge is 0.307 e. The molecule has 3 rings (SSSR count). The monoisotopic (exact) mass is 251 g/mol. The Bertz CT molecular complexity index is 400. The van der Waals surface area contributed by atoms with E-state index in [2.05, 4.69) is 0 Å². The second kappa shape index (κ2) is 4.39. The maximum absolute atomic E-state index is 12.5. The summed E-state index contributed by atoms with van der Waals surface area (Å²) < 4.78 is 5.22. The van der Waals surface area contributed by atoms with E-state index in [9.17, 15) is 14.7 Å². The minimum Gasteiger partial charge on any atom is -0.481 e. The molecule has 1 aliphatic heterocycles. The molecule has 0 spiro atoms. The molecule has 5 heteroatoms. The lowest BCUT2D eigenvalue weighted by Gasteiger charge is -2.33. The fraction of sp³-hybridized carbons (Fsp3) is 0.692. The molecule has 1 N–H and O–H groups in total. The van der Waals surface area contributed by atoms with Gasteiger partial charge in [-0.25, -0.2) is 0 Å². The quantitative estimate of drug-likeness (QED) is 0.720. The molecule has 98 valence electrons. The number of fused-ring (bicyclic) bond motifs is 2. The van der Waals surface area contributed by atoms with Gasteiger partial charge in [0.2, 0.25) is 5.91 Å². The van der Waals surface area contributed by atoms with E-state index in [0.717, 1.165) is 6.42 Å². The topological polar surface area (TPSA) is 66.8 Å². The van der Waals surface area contributed by atoms with Gasteiger partial charge in [0.05, 0.1) is 25.0 Å². The molecule has 4 atom stereocenters. The molecular formula is C13H17NO4. The van der Waals surface area contributed by atoms with Crippen LogP contribution in [0.5, 0.6) is 0 Å². The zero-order valence-electron chi connectivity index (χ0n) is 10.1. The van der Waals surface area contributed by atoms with Gasteiger partial charge in [-0.3, -0.25) is 9.59 Å². The SMILES string of the molecule is O=C(O)[C@@H]1[C@@H](C(=O)N2CCOCC2)[C@@H]2C=C[C@@H]1C2. The first-order chi connectivity index (χ1) is 8.68. The van der Waals surface area contributed by atoms with E-state index >= 15 is 0 Å². The maximum Gasteiger partial charge on any atom is 0.307 e. The Morgan fingerprint density at radius 1 is 1.11 bits per heavy atom. The lowest BCUT2D eigenvalue weighted by Crippen LogP contribution is -2.47. The third kappa shape index (κ3) is 1.73. The lowest BCUT2D eigenvalue weighted by molar-refractivity contribution is -0.152. The highest BCUT2D eigenvalue weighted by molar-refractivity contribution is 5.87. The number of carbonyl (C=O) groups excluding carboxylic acids is 1. The average Bonchev–Trinajstić information content (AvgIpc) is 2.99. The lowest BCUT2D eigenvalue weighted by atomic mass is 9.82. The minimum atomic E-state index is -0.835. The van der Waals surface area contributed by atoms with Gasteiger partial charge in [0.25, 0.3) is 0 Å². The van der Waals surface area contributed by atoms with Crippen molar-refractivity contribution in [1.82, 2.24) is 4.90 Å². The number of morpholine rings is 1. The molecule has 5 nitrogen and oxygen atoms in total. The summed E-state index contributed by atoms with van der Waals surface area (Å²) in [7, 11) is 0. The van der Waals surface area contributed by atoms with E-state index in [1.807, 2.05) is 12.2 Å². The first kappa shape index (κ1) is 11.7. The maximum atomic E-state index is 12.5. The van der Waals surface area contributed by atoms with Crippen LogP contribution in [0.15, 0.2) is 12.2 Å². The van der Waals surface area contributed by atoms with Crippen molar-refractivity contribution in [2.45, 2.75) is 6.42 Å². The molecular weight excluding hydrogens is 234 g/mol. The molecule has 1 heterocycles. The summed E-state index contributed by atoms with van der Waals surface area (Å²) in [5.74, 6) is -1.57. The highest BCUT2D eigenvalue weighted by atomic mass is 16.5. The van der Waals surface area contributed by atoms with Gasteiger partial charge >= 0.3 is 5.97 Å². The van der Waals surface area contributed by atoms with Crippen LogP contribution < -0.4 is 0 Å². The van der Waals surface area contributed by atoms with Crippen LogP contribution in [0.2, 0.25) is 0 Å². The van der Waals surface area contributed by atoms with Gasteiger partial charge in [0, 0.05) is 13.1 Å². The van der Waals surface area contributed by atoms with Crippen LogP contribution >= 0.6 is 0 Å². The molecule has 2 aliphatic carbocycles. The fourth-order valence-corrected chi connectivity index (χ4v) is 3.49. The normalized spacial score (nSPS) is 38.1. The zero-order valence-corrected chi connectivity index (χ0v) is 10.1. The molecule has 2 bridgehead atoms. The van der Waals surface area contributed by atoms with Crippen LogP contribution in [-0.2, 0) is 14.3 Å². The van der Waals surface area contributed by atoms with E-state index in [1.165, 1.54) is 0 Å². The number of ether oxygens (including phenoxy) is 1. The molecule has 18 heavy (non-hydrogen) atoms. The Balaban J connectivity index is 1.79. The van der Waals surface area contributed by atoms with Gasteiger partial charge in [-0.2, -0.15) is 0 Å². The van der Waals surface area contributed by atoms with Crippen LogP contribution in [0.3, 0.4) is 0 Å². The molecule has 0 aromatic heterocycles. The number of amides is 1. The molecule has 1 saturated carbocycles. The predicted octanol–water partition coefficient (Wildman–Crippen LogP) is 0.368. The van der Waals surface area contributed by atoms with Crippen LogP contribution in [-0.4, -0.2) is 48.2 Å². The van der Waals surface area contributed by atoms with Crippen molar-refractivity contribution in [2.75, 3.05) is 26.3 Å². The number of carboxylic acid groups (broad SMARTS) is 1. The Morgan fingerprint density at radius 2 is 1.72 bits per heavy atom. The van der Waals surface area contributed by atoms with E-state index in [0.29, 0.717) is 26.3 Å². The summed E-state index contributed by atoms with van der Waals surface area (Å²) in [6.45, 7) is 2.28. The fourth-order valence-electron chi connectivity index (χ4n) is 3.49. The second-order valence-electron chi connectivity index (χ2n) is 5.28. The summed E-state index contributed by atoms with van der Waals surface area (Å²) in [6, 6.07) is 0. The zero-order chi connectivity index (χ0) is 12.7. The number of rotatable bonds is 2. The second-order valence-corrected chi connectivity index (χ2v) is 5.28. The van der Waals surface area contributed by atoms with Crippen LogP contribution in [0, 0.1) is 23.7 Å². The summed E-state index contributed by atoms with van der Waals surface area (Å²) in [4.78, 5) is 25.6. The largest absolute Gasteiger partial charge is 0.481 e. The average molecular weight is 251 g/mol. The molecule has 0 radical (unpaired) electrons. The Labute approximate surface area is 105 Å². The Hall–Kier alpha value is -1.36. The minimum absolute atomic E-state index is 0.00236. The van der Waals surface area contributed by atoms with Crippen LogP contribution in [0.4, 0.5) is 0 Å². The van der Waals surface area contributed by atoms with E-state index in [1.54, 1.807) is 4.90 Å². The molecule has 2 fully saturated rings. The van der Waals surface area contributed by atoms with Gasteiger partial charge in [0.15, 0.2) is 0 Å². The van der Waals surface area contributed by atoms with Gasteiger partial charge in [-0.15, -0.1) is 0 Å². The van der Waals surface area contributed by atoms with E-state index in [4.69, 9.17) is 4.74 Å². The summed E-state index contributed by atoms with van der Waals surface area (Å²) in [6.07, 6.45) is 4.80. The Kier molecular flexibility index (Phi) is 2.86. The molecule has 0 aromatic carbocycles. The summed E-state index contributed by atoms with van der Waals surface area (Å²) in [5, 5.41) is 9.32. The molecule has 0 aromatic rings. The molecule has 1 saturated heterocycles. The van der Waals surface area contributed by atoms with Crippen molar-refractivity contribution in [3.05, 3.63) is 12.2 Å². The van der Waals surface area contributed by atoms with Crippen molar-refractivity contribution in [3.63, 3.8) is 0 Å². The number of hydrogen-bond donors (Lipinski definition) is 1. The highest BCUT2D eigenvalue weighted by Gasteiger charge is 2.52. The number of allylic oxidation sites excluding steroid dienone is 2.